The van der Waals surface area contributed by atoms with Crippen molar-refractivity contribution in [3.05, 3.63) is 60.0 Å². The summed E-state index contributed by atoms with van der Waals surface area (Å²) in [7, 11) is 1.27. The van der Waals surface area contributed by atoms with Gasteiger partial charge < -0.3 is 19.8 Å². The molecule has 1 atom stereocenters. The van der Waals surface area contributed by atoms with Gasteiger partial charge in [0.2, 0.25) is 11.8 Å². The third kappa shape index (κ3) is 5.07. The highest BCUT2D eigenvalue weighted by Crippen LogP contribution is 2.33. The third-order valence-corrected chi connectivity index (χ3v) is 4.25. The Balaban J connectivity index is 1.77. The summed E-state index contributed by atoms with van der Waals surface area (Å²) >= 11 is 0. The number of nitrogens with zero attached hydrogens (tertiary/aromatic N) is 2. The molecule has 10 heteroatoms. The van der Waals surface area contributed by atoms with E-state index in [1.54, 1.807) is 31.2 Å². The van der Waals surface area contributed by atoms with Gasteiger partial charge in [-0.05, 0) is 36.4 Å². The normalized spacial score (nSPS) is 12.3. The van der Waals surface area contributed by atoms with Gasteiger partial charge >= 0.3 is 12.3 Å². The van der Waals surface area contributed by atoms with Gasteiger partial charge in [-0.25, -0.2) is 4.79 Å². The number of para-hydroxylation sites is 1. The number of carbonyl (C=O) groups is 1. The summed E-state index contributed by atoms with van der Waals surface area (Å²) in [5.74, 6) is 0.316. The molecule has 1 unspecified atom stereocenters. The molecule has 1 amide bonds. The van der Waals surface area contributed by atoms with Crippen molar-refractivity contribution < 1.29 is 27.1 Å². The zero-order valence-corrected chi connectivity index (χ0v) is 16.2. The molecule has 2 N–H and O–H groups in total. The maximum Gasteiger partial charge on any atom is 0.416 e. The first kappa shape index (κ1) is 21.2. The quantitative estimate of drug-likeness (QED) is 0.586. The van der Waals surface area contributed by atoms with Crippen LogP contribution in [-0.2, 0) is 10.9 Å². The van der Waals surface area contributed by atoms with E-state index in [1.165, 1.54) is 19.2 Å². The summed E-state index contributed by atoms with van der Waals surface area (Å²) in [5.41, 5.74) is 0.931. The molecule has 0 bridgehead atoms. The van der Waals surface area contributed by atoms with E-state index in [1.807, 2.05) is 0 Å². The highest BCUT2D eigenvalue weighted by atomic mass is 19.4. The van der Waals surface area contributed by atoms with Gasteiger partial charge in [-0.2, -0.15) is 13.2 Å². The average Bonchev–Trinajstić information content (AvgIpc) is 3.22. The van der Waals surface area contributed by atoms with Gasteiger partial charge in [0.05, 0.1) is 29.8 Å². The predicted octanol–water partition coefficient (Wildman–Crippen LogP) is 4.96. The van der Waals surface area contributed by atoms with Crippen molar-refractivity contribution in [1.29, 1.82) is 0 Å². The van der Waals surface area contributed by atoms with Gasteiger partial charge in [0, 0.05) is 12.2 Å². The van der Waals surface area contributed by atoms with Gasteiger partial charge in [0.25, 0.3) is 0 Å². The summed E-state index contributed by atoms with van der Waals surface area (Å²) in [6.45, 7) is 2.05. The van der Waals surface area contributed by atoms with Crippen LogP contribution in [-0.4, -0.2) is 29.9 Å². The molecule has 7 nitrogen and oxygen atoms in total. The monoisotopic (exact) mass is 420 g/mol. The van der Waals surface area contributed by atoms with Gasteiger partial charge in [-0.15, -0.1) is 10.2 Å². The minimum absolute atomic E-state index is 0.241. The zero-order valence-electron chi connectivity index (χ0n) is 16.2. The van der Waals surface area contributed by atoms with E-state index in [2.05, 4.69) is 25.6 Å². The molecule has 0 spiro atoms. The number of nitrogens with one attached hydrogen (secondary N) is 2. The fraction of sp³-hybridized carbons (Fsp3) is 0.250. The second kappa shape index (κ2) is 8.85. The van der Waals surface area contributed by atoms with Gasteiger partial charge in [-0.1, -0.05) is 19.1 Å². The minimum atomic E-state index is -4.39. The Hall–Kier alpha value is -3.56. The highest BCUT2D eigenvalue weighted by Gasteiger charge is 2.30. The molecule has 0 saturated heterocycles. The van der Waals surface area contributed by atoms with Crippen molar-refractivity contribution >= 4 is 17.5 Å². The number of amides is 1. The van der Waals surface area contributed by atoms with Crippen LogP contribution in [0, 0.1) is 0 Å². The van der Waals surface area contributed by atoms with Crippen molar-refractivity contribution in [1.82, 2.24) is 15.5 Å². The Labute approximate surface area is 170 Å². The molecule has 0 aliphatic rings. The molecule has 0 aliphatic heterocycles. The Morgan fingerprint density at radius 2 is 1.83 bits per heavy atom. The second-order valence-electron chi connectivity index (χ2n) is 6.46. The molecule has 3 aromatic rings. The molecule has 158 valence electrons. The standard InChI is InChI=1S/C20H19F3N4O3/c1-12(11-24-19(28)29-2)17-26-27-18(30-17)15-5-3-4-6-16(15)25-14-9-7-13(8-10-14)20(21,22)23/h3-10,12,25H,11H2,1-2H3,(H,24,28). The predicted molar refractivity (Wildman–Crippen MR) is 103 cm³/mol. The summed E-state index contributed by atoms with van der Waals surface area (Å²) < 4.78 is 48.5. The van der Waals surface area contributed by atoms with Crippen LogP contribution in [0.5, 0.6) is 0 Å². The van der Waals surface area contributed by atoms with Crippen LogP contribution in [0.15, 0.2) is 52.9 Å². The first-order valence-electron chi connectivity index (χ1n) is 8.97. The molecular weight excluding hydrogens is 401 g/mol. The maximum absolute atomic E-state index is 12.7. The number of hydrogen-bond acceptors (Lipinski definition) is 6. The third-order valence-electron chi connectivity index (χ3n) is 4.25. The van der Waals surface area contributed by atoms with Crippen LogP contribution in [0.25, 0.3) is 11.5 Å². The summed E-state index contributed by atoms with van der Waals surface area (Å²) in [4.78, 5) is 11.2. The molecule has 0 fully saturated rings. The lowest BCUT2D eigenvalue weighted by Crippen LogP contribution is -2.27. The number of alkyl carbamates (subject to hydrolysis) is 1. The molecule has 3 rings (SSSR count). The second-order valence-corrected chi connectivity index (χ2v) is 6.46. The van der Waals surface area contributed by atoms with Crippen molar-refractivity contribution in [2.45, 2.75) is 19.0 Å². The molecule has 0 radical (unpaired) electrons. The Morgan fingerprint density at radius 1 is 1.13 bits per heavy atom. The van der Waals surface area contributed by atoms with Crippen molar-refractivity contribution in [2.24, 2.45) is 0 Å². The zero-order chi connectivity index (χ0) is 21.7. The van der Waals surface area contributed by atoms with Gasteiger partial charge in [0.15, 0.2) is 0 Å². The van der Waals surface area contributed by atoms with Gasteiger partial charge in [0.1, 0.15) is 0 Å². The maximum atomic E-state index is 12.7. The van der Waals surface area contributed by atoms with Crippen LogP contribution in [0.3, 0.4) is 0 Å². The van der Waals surface area contributed by atoms with E-state index in [-0.39, 0.29) is 18.4 Å². The van der Waals surface area contributed by atoms with E-state index < -0.39 is 17.8 Å². The lowest BCUT2D eigenvalue weighted by molar-refractivity contribution is -0.137. The number of ether oxygens (including phenoxy) is 1. The van der Waals surface area contributed by atoms with E-state index >= 15 is 0 Å². The highest BCUT2D eigenvalue weighted by molar-refractivity contribution is 5.76. The Kier molecular flexibility index (Phi) is 6.24. The van der Waals surface area contributed by atoms with E-state index in [4.69, 9.17) is 4.42 Å². The number of halogens is 3. The van der Waals surface area contributed by atoms with Crippen LogP contribution in [0.1, 0.15) is 24.3 Å². The molecular formula is C20H19F3N4O3. The van der Waals surface area contributed by atoms with Crippen LogP contribution in [0.2, 0.25) is 0 Å². The summed E-state index contributed by atoms with van der Waals surface area (Å²) in [5, 5.41) is 13.7. The molecule has 1 heterocycles. The topological polar surface area (TPSA) is 89.3 Å². The van der Waals surface area contributed by atoms with Gasteiger partial charge in [-0.3, -0.25) is 0 Å². The van der Waals surface area contributed by atoms with Crippen LogP contribution < -0.4 is 10.6 Å². The largest absolute Gasteiger partial charge is 0.453 e. The van der Waals surface area contributed by atoms with Crippen molar-refractivity contribution in [3.63, 3.8) is 0 Å². The number of methoxy groups -OCH3 is 1. The van der Waals surface area contributed by atoms with E-state index in [0.717, 1.165) is 12.1 Å². The molecule has 2 aromatic carbocycles. The van der Waals surface area contributed by atoms with Crippen LogP contribution in [0.4, 0.5) is 29.3 Å². The Morgan fingerprint density at radius 3 is 2.50 bits per heavy atom. The van der Waals surface area contributed by atoms with Crippen LogP contribution >= 0.6 is 0 Å². The van der Waals surface area contributed by atoms with E-state index in [0.29, 0.717) is 22.8 Å². The number of alkyl halides is 3. The number of benzene rings is 2. The number of hydrogen-bond donors (Lipinski definition) is 2. The lowest BCUT2D eigenvalue weighted by Gasteiger charge is -2.11. The minimum Gasteiger partial charge on any atom is -0.453 e. The Bertz CT molecular complexity index is 1000. The molecule has 0 saturated carbocycles. The average molecular weight is 420 g/mol. The summed E-state index contributed by atoms with van der Waals surface area (Å²) in [6, 6.07) is 11.8. The molecule has 30 heavy (non-hydrogen) atoms. The van der Waals surface area contributed by atoms with Crippen molar-refractivity contribution in [3.8, 4) is 11.5 Å². The summed E-state index contributed by atoms with van der Waals surface area (Å²) in [6.07, 6.45) is -4.96. The smallest absolute Gasteiger partial charge is 0.416 e. The number of carbonyl (C=O) groups excluding carboxylic acids is 1. The fourth-order valence-electron chi connectivity index (χ4n) is 2.62. The fourth-order valence-corrected chi connectivity index (χ4v) is 2.62. The first-order chi connectivity index (χ1) is 14.3. The lowest BCUT2D eigenvalue weighted by atomic mass is 10.1. The molecule has 0 aliphatic carbocycles. The number of anilines is 2. The number of aromatic nitrogens is 2. The SMILES string of the molecule is COC(=O)NCC(C)c1nnc(-c2ccccc2Nc2ccc(C(F)(F)F)cc2)o1. The molecule has 1 aromatic heterocycles. The van der Waals surface area contributed by atoms with E-state index in [9.17, 15) is 18.0 Å². The first-order valence-corrected chi connectivity index (χ1v) is 8.97. The van der Waals surface area contributed by atoms with Crippen molar-refractivity contribution in [2.75, 3.05) is 19.0 Å². The number of rotatable bonds is 6.